The zero-order valence-electron chi connectivity index (χ0n) is 31.4. The van der Waals surface area contributed by atoms with Gasteiger partial charge >= 0.3 is 0 Å². The van der Waals surface area contributed by atoms with Gasteiger partial charge < -0.3 is 13.9 Å². The van der Waals surface area contributed by atoms with Crippen molar-refractivity contribution in [1.29, 1.82) is 0 Å². The van der Waals surface area contributed by atoms with Crippen molar-refractivity contribution in [3.63, 3.8) is 0 Å². The number of hydrogen-bond acceptors (Lipinski definition) is 2. The summed E-state index contributed by atoms with van der Waals surface area (Å²) in [5, 5.41) is 4.63. The molecule has 1 unspecified atom stereocenters. The summed E-state index contributed by atoms with van der Waals surface area (Å²) in [6.45, 7) is 0. The van der Waals surface area contributed by atoms with Crippen LogP contribution in [0.2, 0.25) is 0 Å². The molecule has 3 heteroatoms. The fourth-order valence-corrected chi connectivity index (χ4v) is 10.4. The number of furan rings is 1. The predicted octanol–water partition coefficient (Wildman–Crippen LogP) is 14.5. The summed E-state index contributed by atoms with van der Waals surface area (Å²) in [5.41, 5.74) is 18.2. The third-order valence-electron chi connectivity index (χ3n) is 12.7. The molecule has 3 heterocycles. The molecule has 1 atom stereocenters. The Morgan fingerprint density at radius 3 is 1.86 bits per heavy atom. The number of aromatic nitrogens is 1. The zero-order valence-corrected chi connectivity index (χ0v) is 31.4. The van der Waals surface area contributed by atoms with Gasteiger partial charge in [0.25, 0.3) is 0 Å². The van der Waals surface area contributed by atoms with Gasteiger partial charge in [0.15, 0.2) is 0 Å². The van der Waals surface area contributed by atoms with E-state index in [0.717, 1.165) is 44.4 Å². The summed E-state index contributed by atoms with van der Waals surface area (Å²) in [7, 11) is 0. The first-order valence-corrected chi connectivity index (χ1v) is 20.0. The van der Waals surface area contributed by atoms with Gasteiger partial charge in [-0.1, -0.05) is 146 Å². The molecule has 2 aliphatic rings. The SMILES string of the molecule is c1ccc(-c2ccc3c4c5oc6ccccc6c5cc5c4n(c3c2)-c2ccccc2C52c3ccccc3-c3cc(N(c4ccccc4)c4ccccc4)ccc32)cc1. The van der Waals surface area contributed by atoms with Crippen LogP contribution in [0, 0.1) is 0 Å². The maximum atomic E-state index is 6.91. The van der Waals surface area contributed by atoms with Crippen LogP contribution < -0.4 is 4.90 Å². The van der Waals surface area contributed by atoms with Crippen LogP contribution >= 0.6 is 0 Å². The lowest BCUT2D eigenvalue weighted by atomic mass is 9.65. The molecule has 270 valence electrons. The molecule has 1 aliphatic heterocycles. The van der Waals surface area contributed by atoms with E-state index in [1.54, 1.807) is 0 Å². The topological polar surface area (TPSA) is 21.3 Å². The van der Waals surface area contributed by atoms with Crippen LogP contribution in [0.1, 0.15) is 22.3 Å². The molecule has 0 amide bonds. The Kier molecular flexibility index (Phi) is 6.37. The predicted molar refractivity (Wildman–Crippen MR) is 239 cm³/mol. The van der Waals surface area contributed by atoms with Crippen LogP contribution in [0.15, 0.2) is 211 Å². The number of rotatable bonds is 4. The molecule has 58 heavy (non-hydrogen) atoms. The highest BCUT2D eigenvalue weighted by molar-refractivity contribution is 6.26. The largest absolute Gasteiger partial charge is 0.455 e. The lowest BCUT2D eigenvalue weighted by molar-refractivity contribution is 0.672. The van der Waals surface area contributed by atoms with Crippen LogP contribution in [-0.2, 0) is 5.41 Å². The molecule has 0 N–H and O–H groups in total. The second kappa shape index (κ2) is 11.7. The highest BCUT2D eigenvalue weighted by Gasteiger charge is 2.51. The molecular weight excluding hydrogens is 705 g/mol. The maximum Gasteiger partial charge on any atom is 0.145 e. The average molecular weight is 739 g/mol. The highest BCUT2D eigenvalue weighted by Crippen LogP contribution is 2.62. The molecule has 11 aromatic rings. The number of para-hydroxylation sites is 4. The lowest BCUT2D eigenvalue weighted by Crippen LogP contribution is -2.33. The molecule has 0 fully saturated rings. The first-order valence-electron chi connectivity index (χ1n) is 20.0. The van der Waals surface area contributed by atoms with E-state index in [9.17, 15) is 0 Å². The van der Waals surface area contributed by atoms with Crippen molar-refractivity contribution in [3.05, 3.63) is 229 Å². The number of nitrogens with zero attached hydrogens (tertiary/aromatic N) is 2. The molecule has 2 aromatic heterocycles. The Hall–Kier alpha value is -7.62. The first kappa shape index (κ1) is 31.6. The summed E-state index contributed by atoms with van der Waals surface area (Å²) < 4.78 is 9.44. The summed E-state index contributed by atoms with van der Waals surface area (Å²) in [6.07, 6.45) is 0. The number of benzene rings is 9. The summed E-state index contributed by atoms with van der Waals surface area (Å²) in [5.74, 6) is 0. The van der Waals surface area contributed by atoms with E-state index in [1.165, 1.54) is 66.6 Å². The third-order valence-corrected chi connectivity index (χ3v) is 12.7. The van der Waals surface area contributed by atoms with Crippen molar-refractivity contribution in [1.82, 2.24) is 4.57 Å². The van der Waals surface area contributed by atoms with Crippen molar-refractivity contribution >= 4 is 60.8 Å². The fourth-order valence-electron chi connectivity index (χ4n) is 10.4. The summed E-state index contributed by atoms with van der Waals surface area (Å²) >= 11 is 0. The molecule has 1 aliphatic carbocycles. The van der Waals surface area contributed by atoms with Crippen molar-refractivity contribution < 1.29 is 4.42 Å². The molecule has 0 bridgehead atoms. The number of anilines is 3. The molecular formula is C55H34N2O. The summed E-state index contributed by atoms with van der Waals surface area (Å²) in [4.78, 5) is 2.37. The van der Waals surface area contributed by atoms with E-state index < -0.39 is 5.41 Å². The van der Waals surface area contributed by atoms with Gasteiger partial charge in [-0.25, -0.2) is 0 Å². The van der Waals surface area contributed by atoms with Crippen molar-refractivity contribution in [2.24, 2.45) is 0 Å². The van der Waals surface area contributed by atoms with Gasteiger partial charge in [-0.15, -0.1) is 0 Å². The molecule has 13 rings (SSSR count). The van der Waals surface area contributed by atoms with E-state index in [-0.39, 0.29) is 0 Å². The van der Waals surface area contributed by atoms with Gasteiger partial charge in [0.1, 0.15) is 11.2 Å². The quantitative estimate of drug-likeness (QED) is 0.179. The smallest absolute Gasteiger partial charge is 0.145 e. The van der Waals surface area contributed by atoms with Crippen molar-refractivity contribution in [3.8, 4) is 27.9 Å². The fraction of sp³-hybridized carbons (Fsp3) is 0.0182. The monoisotopic (exact) mass is 738 g/mol. The van der Waals surface area contributed by atoms with Crippen LogP contribution in [-0.4, -0.2) is 4.57 Å². The Balaban J connectivity index is 1.18. The molecule has 9 aromatic carbocycles. The normalized spacial score (nSPS) is 15.0. The van der Waals surface area contributed by atoms with Gasteiger partial charge in [0.05, 0.1) is 27.5 Å². The van der Waals surface area contributed by atoms with Gasteiger partial charge in [0.2, 0.25) is 0 Å². The summed E-state index contributed by atoms with van der Waals surface area (Å²) in [6, 6.07) is 75.4. The minimum atomic E-state index is -0.594. The zero-order chi connectivity index (χ0) is 38.0. The van der Waals surface area contributed by atoms with E-state index in [2.05, 4.69) is 216 Å². The highest BCUT2D eigenvalue weighted by atomic mass is 16.3. The van der Waals surface area contributed by atoms with Gasteiger partial charge in [-0.2, -0.15) is 0 Å². The van der Waals surface area contributed by atoms with Gasteiger partial charge in [-0.05, 0) is 105 Å². The van der Waals surface area contributed by atoms with E-state index in [4.69, 9.17) is 4.42 Å². The van der Waals surface area contributed by atoms with Crippen molar-refractivity contribution in [2.45, 2.75) is 5.41 Å². The number of fused-ring (bicyclic) bond motifs is 16. The Labute approximate surface area is 335 Å². The minimum Gasteiger partial charge on any atom is -0.455 e. The Morgan fingerprint density at radius 1 is 0.414 bits per heavy atom. The van der Waals surface area contributed by atoms with Crippen LogP contribution in [0.4, 0.5) is 17.1 Å². The molecule has 3 nitrogen and oxygen atoms in total. The van der Waals surface area contributed by atoms with E-state index in [0.29, 0.717) is 0 Å². The van der Waals surface area contributed by atoms with E-state index >= 15 is 0 Å². The van der Waals surface area contributed by atoms with Gasteiger partial charge in [0, 0.05) is 33.2 Å². The van der Waals surface area contributed by atoms with Crippen LogP contribution in [0.25, 0.3) is 71.7 Å². The molecule has 0 saturated heterocycles. The van der Waals surface area contributed by atoms with E-state index in [1.807, 2.05) is 0 Å². The first-order chi connectivity index (χ1) is 28.8. The average Bonchev–Trinajstić information content (AvgIpc) is 3.93. The Morgan fingerprint density at radius 2 is 1.07 bits per heavy atom. The molecule has 0 saturated carbocycles. The molecule has 1 spiro atoms. The third kappa shape index (κ3) is 4.07. The standard InChI is InChI=1S/C55H34N2O/c1-4-16-35(17-5-1)36-28-30-42-50(32-36)57-49-26-14-13-25-47(49)55(48-34-44-41-23-11-15-27-51(41)58-54(44)52(42)53(48)57)45-24-12-10-22-40(45)43-33-39(29-31-46(43)55)56(37-18-6-2-7-19-37)38-20-8-3-9-21-38/h1-34H. The second-order valence-electron chi connectivity index (χ2n) is 15.6. The van der Waals surface area contributed by atoms with Crippen LogP contribution in [0.5, 0.6) is 0 Å². The second-order valence-corrected chi connectivity index (χ2v) is 15.6. The van der Waals surface area contributed by atoms with Crippen molar-refractivity contribution in [2.75, 3.05) is 4.90 Å². The van der Waals surface area contributed by atoms with Crippen LogP contribution in [0.3, 0.4) is 0 Å². The number of hydrogen-bond donors (Lipinski definition) is 0. The lowest BCUT2D eigenvalue weighted by Gasteiger charge is -2.39. The minimum absolute atomic E-state index is 0.594. The van der Waals surface area contributed by atoms with Gasteiger partial charge in [-0.3, -0.25) is 0 Å². The Bertz CT molecular complexity index is 3410. The maximum absolute atomic E-state index is 6.91. The molecule has 0 radical (unpaired) electrons.